The second-order valence-corrected chi connectivity index (χ2v) is 4.84. The van der Waals surface area contributed by atoms with Gasteiger partial charge in [0.1, 0.15) is 0 Å². The number of hydrogen-bond acceptors (Lipinski definition) is 5. The van der Waals surface area contributed by atoms with Crippen molar-refractivity contribution in [3.05, 3.63) is 41.7 Å². The van der Waals surface area contributed by atoms with Crippen LogP contribution in [0.5, 0.6) is 0 Å². The van der Waals surface area contributed by atoms with Crippen LogP contribution in [0.1, 0.15) is 24.0 Å². The molecule has 2 heterocycles. The molecule has 0 spiro atoms. The van der Waals surface area contributed by atoms with Crippen molar-refractivity contribution in [2.24, 2.45) is 0 Å². The molecule has 0 radical (unpaired) electrons. The van der Waals surface area contributed by atoms with Crippen LogP contribution in [0.2, 0.25) is 0 Å². The molecule has 6 nitrogen and oxygen atoms in total. The number of nitrogens with one attached hydrogen (secondary N) is 1. The van der Waals surface area contributed by atoms with Gasteiger partial charge in [0.25, 0.3) is 0 Å². The molecular formula is C13H16F2N6. The molecule has 1 aliphatic heterocycles. The predicted molar refractivity (Wildman–Crippen MR) is 71.8 cm³/mol. The molecule has 21 heavy (non-hydrogen) atoms. The second kappa shape index (κ2) is 6.23. The van der Waals surface area contributed by atoms with Crippen molar-refractivity contribution >= 4 is 0 Å². The quantitative estimate of drug-likeness (QED) is 0.914. The molecule has 1 aliphatic rings. The van der Waals surface area contributed by atoms with Crippen LogP contribution in [0.4, 0.5) is 8.78 Å². The summed E-state index contributed by atoms with van der Waals surface area (Å²) in [4.78, 5) is 2.53. The van der Waals surface area contributed by atoms with Crippen molar-refractivity contribution in [3.63, 3.8) is 0 Å². The molecule has 112 valence electrons. The fourth-order valence-corrected chi connectivity index (χ4v) is 2.53. The molecule has 1 N–H and O–H groups in total. The SMILES string of the molecule is FC(F)n1nnc([C@@H](c2ccccc2)N2CCNCC2)n1. The van der Waals surface area contributed by atoms with Gasteiger partial charge in [0.15, 0.2) is 5.82 Å². The molecule has 1 aromatic carbocycles. The smallest absolute Gasteiger partial charge is 0.314 e. The summed E-state index contributed by atoms with van der Waals surface area (Å²) in [5, 5.41) is 14.4. The standard InChI is InChI=1S/C13H16F2N6/c14-13(15)21-18-12(17-19-21)11(10-4-2-1-3-5-10)20-8-6-16-7-9-20/h1-5,11,13,16H,6-9H2/t11-/m1/s1. The molecule has 3 rings (SSSR count). The number of benzene rings is 1. The van der Waals surface area contributed by atoms with Gasteiger partial charge < -0.3 is 5.32 Å². The van der Waals surface area contributed by atoms with Crippen LogP contribution in [0.15, 0.2) is 30.3 Å². The molecule has 0 unspecified atom stereocenters. The van der Waals surface area contributed by atoms with E-state index in [1.807, 2.05) is 30.3 Å². The molecule has 8 heteroatoms. The lowest BCUT2D eigenvalue weighted by Crippen LogP contribution is -2.45. The van der Waals surface area contributed by atoms with Gasteiger partial charge in [-0.05, 0) is 10.8 Å². The van der Waals surface area contributed by atoms with Gasteiger partial charge in [0, 0.05) is 26.2 Å². The first-order chi connectivity index (χ1) is 10.3. The van der Waals surface area contributed by atoms with E-state index in [1.165, 1.54) is 0 Å². The van der Waals surface area contributed by atoms with Crippen LogP contribution in [-0.4, -0.2) is 51.3 Å². The molecule has 1 atom stereocenters. The fraction of sp³-hybridized carbons (Fsp3) is 0.462. The summed E-state index contributed by atoms with van der Waals surface area (Å²) >= 11 is 0. The van der Waals surface area contributed by atoms with E-state index in [0.717, 1.165) is 31.7 Å². The molecule has 1 saturated heterocycles. The maximum Gasteiger partial charge on any atom is 0.350 e. The molecule has 0 saturated carbocycles. The minimum Gasteiger partial charge on any atom is -0.314 e. The van der Waals surface area contributed by atoms with Crippen LogP contribution < -0.4 is 5.32 Å². The summed E-state index contributed by atoms with van der Waals surface area (Å²) in [5.41, 5.74) is 0.980. The van der Waals surface area contributed by atoms with Gasteiger partial charge in [-0.1, -0.05) is 35.1 Å². The summed E-state index contributed by atoms with van der Waals surface area (Å²) in [6, 6.07) is 9.41. The predicted octanol–water partition coefficient (Wildman–Crippen LogP) is 1.06. The number of hydrogen-bond donors (Lipinski definition) is 1. The zero-order valence-electron chi connectivity index (χ0n) is 11.4. The molecule has 2 aromatic rings. The van der Waals surface area contributed by atoms with Crippen LogP contribution in [-0.2, 0) is 0 Å². The summed E-state index contributed by atoms with van der Waals surface area (Å²) in [6.45, 7) is 0.551. The van der Waals surface area contributed by atoms with Gasteiger partial charge in [0.2, 0.25) is 0 Å². The summed E-state index contributed by atoms with van der Waals surface area (Å²) < 4.78 is 25.3. The third kappa shape index (κ3) is 3.06. The Labute approximate surface area is 120 Å². The van der Waals surface area contributed by atoms with Gasteiger partial charge >= 0.3 is 6.55 Å². The number of piperazine rings is 1. The van der Waals surface area contributed by atoms with E-state index in [9.17, 15) is 8.78 Å². The highest BCUT2D eigenvalue weighted by Crippen LogP contribution is 2.26. The van der Waals surface area contributed by atoms with E-state index in [4.69, 9.17) is 0 Å². The average Bonchev–Trinajstić information content (AvgIpc) is 3.00. The Morgan fingerprint density at radius 2 is 1.81 bits per heavy atom. The topological polar surface area (TPSA) is 58.9 Å². The Bertz CT molecular complexity index is 567. The number of aromatic nitrogens is 4. The Morgan fingerprint density at radius 3 is 2.43 bits per heavy atom. The van der Waals surface area contributed by atoms with Crippen molar-refractivity contribution in [2.45, 2.75) is 12.6 Å². The first kappa shape index (κ1) is 14.0. The van der Waals surface area contributed by atoms with Crippen molar-refractivity contribution < 1.29 is 8.78 Å². The van der Waals surface area contributed by atoms with E-state index >= 15 is 0 Å². The fourth-order valence-electron chi connectivity index (χ4n) is 2.53. The number of nitrogens with zero attached hydrogens (tertiary/aromatic N) is 5. The lowest BCUT2D eigenvalue weighted by atomic mass is 10.0. The van der Waals surface area contributed by atoms with E-state index in [1.54, 1.807) is 0 Å². The van der Waals surface area contributed by atoms with Crippen LogP contribution >= 0.6 is 0 Å². The molecule has 1 aromatic heterocycles. The number of halogens is 2. The van der Waals surface area contributed by atoms with Crippen molar-refractivity contribution in [1.82, 2.24) is 30.4 Å². The highest BCUT2D eigenvalue weighted by atomic mass is 19.3. The molecule has 1 fully saturated rings. The zero-order chi connectivity index (χ0) is 14.7. The van der Waals surface area contributed by atoms with Crippen molar-refractivity contribution in [1.29, 1.82) is 0 Å². The van der Waals surface area contributed by atoms with E-state index in [0.29, 0.717) is 10.6 Å². The molecule has 0 amide bonds. The van der Waals surface area contributed by atoms with Crippen LogP contribution in [0.25, 0.3) is 0 Å². The van der Waals surface area contributed by atoms with Gasteiger partial charge in [0.05, 0.1) is 6.04 Å². The number of tetrazole rings is 1. The third-order valence-electron chi connectivity index (χ3n) is 3.49. The van der Waals surface area contributed by atoms with Crippen LogP contribution in [0.3, 0.4) is 0 Å². The Kier molecular flexibility index (Phi) is 4.16. The Balaban J connectivity index is 1.94. The van der Waals surface area contributed by atoms with E-state index < -0.39 is 6.55 Å². The largest absolute Gasteiger partial charge is 0.350 e. The molecular weight excluding hydrogens is 278 g/mol. The van der Waals surface area contributed by atoms with Crippen molar-refractivity contribution in [2.75, 3.05) is 26.2 Å². The first-order valence-corrected chi connectivity index (χ1v) is 6.83. The first-order valence-electron chi connectivity index (χ1n) is 6.83. The van der Waals surface area contributed by atoms with Crippen molar-refractivity contribution in [3.8, 4) is 0 Å². The third-order valence-corrected chi connectivity index (χ3v) is 3.49. The number of rotatable bonds is 4. The molecule has 0 aliphatic carbocycles. The average molecular weight is 294 g/mol. The Morgan fingerprint density at radius 1 is 1.10 bits per heavy atom. The maximum atomic E-state index is 12.7. The zero-order valence-corrected chi connectivity index (χ0v) is 11.4. The van der Waals surface area contributed by atoms with Gasteiger partial charge in [-0.3, -0.25) is 4.90 Å². The highest BCUT2D eigenvalue weighted by Gasteiger charge is 2.28. The minimum atomic E-state index is -2.77. The summed E-state index contributed by atoms with van der Waals surface area (Å²) in [7, 11) is 0. The monoisotopic (exact) mass is 294 g/mol. The highest BCUT2D eigenvalue weighted by molar-refractivity contribution is 5.24. The van der Waals surface area contributed by atoms with Gasteiger partial charge in [-0.2, -0.15) is 8.78 Å². The van der Waals surface area contributed by atoms with Gasteiger partial charge in [-0.15, -0.1) is 10.2 Å². The van der Waals surface area contributed by atoms with E-state index in [-0.39, 0.29) is 6.04 Å². The molecule has 0 bridgehead atoms. The lowest BCUT2D eigenvalue weighted by Gasteiger charge is -2.33. The minimum absolute atomic E-state index is 0.249. The van der Waals surface area contributed by atoms with Gasteiger partial charge in [-0.25, -0.2) is 0 Å². The van der Waals surface area contributed by atoms with E-state index in [2.05, 4.69) is 25.6 Å². The second-order valence-electron chi connectivity index (χ2n) is 4.84. The summed E-state index contributed by atoms with van der Waals surface area (Å²) in [5.74, 6) is 0.309. The normalized spacial score (nSPS) is 18.0. The maximum absolute atomic E-state index is 12.7. The number of alkyl halides is 2. The lowest BCUT2D eigenvalue weighted by molar-refractivity contribution is 0.0390. The Hall–Kier alpha value is -1.93. The summed E-state index contributed by atoms with van der Waals surface area (Å²) in [6.07, 6.45) is 0. The van der Waals surface area contributed by atoms with Crippen LogP contribution in [0, 0.1) is 0 Å².